The molecule has 0 spiro atoms. The van der Waals surface area contributed by atoms with E-state index in [9.17, 15) is 5.11 Å². The van der Waals surface area contributed by atoms with Gasteiger partial charge in [0.1, 0.15) is 11.8 Å². The maximum absolute atomic E-state index is 9.58. The molecule has 5 nitrogen and oxygen atoms in total. The molecule has 106 valence electrons. The van der Waals surface area contributed by atoms with Gasteiger partial charge in [0.15, 0.2) is 5.82 Å². The smallest absolute Gasteiger partial charge is 0.158 e. The maximum Gasteiger partial charge on any atom is 0.158 e. The first-order valence-electron chi connectivity index (χ1n) is 6.73. The average Bonchev–Trinajstić information content (AvgIpc) is 2.46. The van der Waals surface area contributed by atoms with E-state index in [1.54, 1.807) is 12.5 Å². The minimum absolute atomic E-state index is 0.0646. The second-order valence-electron chi connectivity index (χ2n) is 5.71. The van der Waals surface area contributed by atoms with Gasteiger partial charge in [0.25, 0.3) is 0 Å². The molecule has 0 bridgehead atoms. The highest BCUT2D eigenvalue weighted by molar-refractivity contribution is 9.10. The van der Waals surface area contributed by atoms with Crippen LogP contribution in [-0.2, 0) is 0 Å². The van der Waals surface area contributed by atoms with Crippen molar-refractivity contribution < 1.29 is 5.11 Å². The molecule has 0 amide bonds. The van der Waals surface area contributed by atoms with Crippen molar-refractivity contribution in [1.29, 1.82) is 0 Å². The molecule has 0 aliphatic carbocycles. The van der Waals surface area contributed by atoms with Crippen LogP contribution in [0.25, 0.3) is 11.0 Å². The quantitative estimate of drug-likeness (QED) is 0.912. The zero-order chi connectivity index (χ0) is 14.2. The van der Waals surface area contributed by atoms with E-state index < -0.39 is 0 Å². The molecule has 1 atom stereocenters. The molecule has 2 aromatic rings. The van der Waals surface area contributed by atoms with Crippen LogP contribution in [0.15, 0.2) is 23.1 Å². The topological polar surface area (TPSA) is 62.1 Å². The Morgan fingerprint density at radius 2 is 2.25 bits per heavy atom. The Morgan fingerprint density at radius 1 is 1.40 bits per heavy atom. The van der Waals surface area contributed by atoms with Gasteiger partial charge < -0.3 is 10.0 Å². The first-order chi connectivity index (χ1) is 9.61. The van der Waals surface area contributed by atoms with Gasteiger partial charge in [-0.2, -0.15) is 0 Å². The molecule has 3 heterocycles. The number of anilines is 1. The molecule has 3 rings (SSSR count). The predicted molar refractivity (Wildman–Crippen MR) is 81.7 cm³/mol. The summed E-state index contributed by atoms with van der Waals surface area (Å²) in [7, 11) is 0. The minimum atomic E-state index is -0.0646. The Morgan fingerprint density at radius 3 is 3.05 bits per heavy atom. The summed E-state index contributed by atoms with van der Waals surface area (Å²) in [5, 5.41) is 9.58. The molecule has 0 saturated carbocycles. The van der Waals surface area contributed by atoms with Gasteiger partial charge in [0, 0.05) is 29.2 Å². The monoisotopic (exact) mass is 336 g/mol. The van der Waals surface area contributed by atoms with Crippen LogP contribution in [-0.4, -0.2) is 39.8 Å². The van der Waals surface area contributed by atoms with E-state index in [0.717, 1.165) is 47.3 Å². The summed E-state index contributed by atoms with van der Waals surface area (Å²) in [6.07, 6.45) is 5.45. The summed E-state index contributed by atoms with van der Waals surface area (Å²) in [5.74, 6) is 0.863. The van der Waals surface area contributed by atoms with Crippen LogP contribution < -0.4 is 4.90 Å². The molecule has 0 aromatic carbocycles. The fourth-order valence-electron chi connectivity index (χ4n) is 2.76. The number of aromatic nitrogens is 3. The molecule has 1 N–H and O–H groups in total. The van der Waals surface area contributed by atoms with Gasteiger partial charge in [-0.15, -0.1) is 0 Å². The summed E-state index contributed by atoms with van der Waals surface area (Å²) in [6.45, 7) is 4.06. The normalized spacial score (nSPS) is 23.2. The molecular weight excluding hydrogens is 320 g/mol. The lowest BCUT2D eigenvalue weighted by Crippen LogP contribution is -2.44. The molecule has 1 aliphatic rings. The summed E-state index contributed by atoms with van der Waals surface area (Å²) >= 11 is 3.41. The Bertz CT molecular complexity index is 636. The molecule has 0 radical (unpaired) electrons. The van der Waals surface area contributed by atoms with E-state index in [1.165, 1.54) is 0 Å². The lowest BCUT2D eigenvalue weighted by Gasteiger charge is -2.40. The average molecular weight is 337 g/mol. The highest BCUT2D eigenvalue weighted by Gasteiger charge is 2.31. The lowest BCUT2D eigenvalue weighted by atomic mass is 9.83. The second kappa shape index (κ2) is 5.26. The van der Waals surface area contributed by atoms with Gasteiger partial charge in [-0.25, -0.2) is 15.0 Å². The van der Waals surface area contributed by atoms with Crippen LogP contribution in [0.5, 0.6) is 0 Å². The Hall–Kier alpha value is -1.27. The third-order valence-electron chi connectivity index (χ3n) is 3.89. The zero-order valence-electron chi connectivity index (χ0n) is 11.4. The Kier molecular flexibility index (Phi) is 3.60. The fraction of sp³-hybridized carbons (Fsp3) is 0.500. The van der Waals surface area contributed by atoms with Crippen LogP contribution in [0.2, 0.25) is 0 Å². The van der Waals surface area contributed by atoms with Crippen molar-refractivity contribution in [3.63, 3.8) is 0 Å². The van der Waals surface area contributed by atoms with E-state index in [2.05, 4.69) is 42.7 Å². The fourth-order valence-corrected chi connectivity index (χ4v) is 3.08. The first kappa shape index (κ1) is 13.7. The van der Waals surface area contributed by atoms with Gasteiger partial charge in [0.05, 0.1) is 12.1 Å². The van der Waals surface area contributed by atoms with Crippen LogP contribution in [0.4, 0.5) is 5.82 Å². The van der Waals surface area contributed by atoms with Crippen LogP contribution >= 0.6 is 15.9 Å². The van der Waals surface area contributed by atoms with E-state index in [0.29, 0.717) is 0 Å². The molecular formula is C14H17BrN4O. The molecule has 1 saturated heterocycles. The van der Waals surface area contributed by atoms with Crippen molar-refractivity contribution in [2.75, 3.05) is 24.6 Å². The van der Waals surface area contributed by atoms with E-state index in [1.807, 2.05) is 6.07 Å². The number of fused-ring (bicyclic) bond motifs is 1. The van der Waals surface area contributed by atoms with Gasteiger partial charge >= 0.3 is 0 Å². The van der Waals surface area contributed by atoms with E-state index in [4.69, 9.17) is 0 Å². The molecule has 1 fully saturated rings. The second-order valence-corrected chi connectivity index (χ2v) is 6.63. The standard InChI is InChI=1S/C14H17BrN4O/c1-14(8-20)3-2-4-19(7-14)13-12-11(17-9-18-13)5-10(15)6-16-12/h5-6,9,20H,2-4,7-8H2,1H3. The Labute approximate surface area is 126 Å². The number of pyridine rings is 1. The highest BCUT2D eigenvalue weighted by Crippen LogP contribution is 2.33. The first-order valence-corrected chi connectivity index (χ1v) is 7.53. The van der Waals surface area contributed by atoms with Crippen LogP contribution in [0.3, 0.4) is 0 Å². The lowest BCUT2D eigenvalue weighted by molar-refractivity contribution is 0.123. The van der Waals surface area contributed by atoms with Crippen LogP contribution in [0, 0.1) is 5.41 Å². The number of halogens is 1. The third kappa shape index (κ3) is 2.50. The highest BCUT2D eigenvalue weighted by atomic mass is 79.9. The largest absolute Gasteiger partial charge is 0.396 e. The molecule has 2 aromatic heterocycles. The minimum Gasteiger partial charge on any atom is -0.396 e. The number of aliphatic hydroxyl groups is 1. The van der Waals surface area contributed by atoms with E-state index >= 15 is 0 Å². The van der Waals surface area contributed by atoms with Crippen LogP contribution in [0.1, 0.15) is 19.8 Å². The van der Waals surface area contributed by atoms with Gasteiger partial charge in [-0.3, -0.25) is 0 Å². The molecule has 1 unspecified atom stereocenters. The number of piperidine rings is 1. The number of hydrogen-bond acceptors (Lipinski definition) is 5. The van der Waals surface area contributed by atoms with Crippen molar-refractivity contribution in [2.24, 2.45) is 5.41 Å². The van der Waals surface area contributed by atoms with Crippen molar-refractivity contribution >= 4 is 32.8 Å². The number of rotatable bonds is 2. The maximum atomic E-state index is 9.58. The number of hydrogen-bond donors (Lipinski definition) is 1. The van der Waals surface area contributed by atoms with Gasteiger partial charge in [-0.1, -0.05) is 6.92 Å². The predicted octanol–water partition coefficient (Wildman–Crippen LogP) is 2.39. The van der Waals surface area contributed by atoms with Gasteiger partial charge in [-0.05, 0) is 34.8 Å². The molecule has 1 aliphatic heterocycles. The summed E-state index contributed by atoms with van der Waals surface area (Å²) in [6, 6.07) is 1.95. The van der Waals surface area contributed by atoms with Crippen molar-refractivity contribution in [1.82, 2.24) is 15.0 Å². The summed E-state index contributed by atoms with van der Waals surface area (Å²) in [5.41, 5.74) is 1.59. The zero-order valence-corrected chi connectivity index (χ0v) is 13.0. The number of aliphatic hydroxyl groups excluding tert-OH is 1. The third-order valence-corrected chi connectivity index (χ3v) is 4.32. The number of nitrogens with zero attached hydrogens (tertiary/aromatic N) is 4. The Balaban J connectivity index is 2.01. The summed E-state index contributed by atoms with van der Waals surface area (Å²) < 4.78 is 0.911. The van der Waals surface area contributed by atoms with Crippen molar-refractivity contribution in [3.8, 4) is 0 Å². The molecule has 6 heteroatoms. The SMILES string of the molecule is CC1(CO)CCCN(c2ncnc3cc(Br)cnc23)C1. The van der Waals surface area contributed by atoms with Crippen molar-refractivity contribution in [2.45, 2.75) is 19.8 Å². The molecule has 20 heavy (non-hydrogen) atoms. The van der Waals surface area contributed by atoms with Crippen molar-refractivity contribution in [3.05, 3.63) is 23.1 Å². The summed E-state index contributed by atoms with van der Waals surface area (Å²) in [4.78, 5) is 15.4. The van der Waals surface area contributed by atoms with E-state index in [-0.39, 0.29) is 12.0 Å². The van der Waals surface area contributed by atoms with Gasteiger partial charge in [0.2, 0.25) is 0 Å².